The average Bonchev–Trinajstić information content (AvgIpc) is 3.30. The van der Waals surface area contributed by atoms with Gasteiger partial charge in [-0.3, -0.25) is 9.89 Å². The number of H-pyrrole nitrogens is 1. The fourth-order valence-electron chi connectivity index (χ4n) is 2.70. The van der Waals surface area contributed by atoms with E-state index in [0.29, 0.717) is 35.4 Å². The molecule has 2 aromatic carbocycles. The SMILES string of the molecule is CC[C@H](C)NS(=O)(=O)c1ccc(OCC(=O)NCCSc2n[nH]c(-c3ccccc3)n2)cc1. The summed E-state index contributed by atoms with van der Waals surface area (Å²) in [6.45, 7) is 3.98. The second-order valence-electron chi connectivity index (χ2n) is 7.22. The molecule has 0 unspecified atom stereocenters. The van der Waals surface area contributed by atoms with E-state index in [1.807, 2.05) is 37.3 Å². The molecule has 3 N–H and O–H groups in total. The molecule has 11 heteroatoms. The van der Waals surface area contributed by atoms with E-state index in [0.717, 1.165) is 5.56 Å². The van der Waals surface area contributed by atoms with Gasteiger partial charge in [0.2, 0.25) is 15.2 Å². The summed E-state index contributed by atoms with van der Waals surface area (Å²) in [4.78, 5) is 16.6. The molecule has 1 atom stereocenters. The summed E-state index contributed by atoms with van der Waals surface area (Å²) in [5, 5.41) is 10.5. The zero-order valence-electron chi connectivity index (χ0n) is 18.4. The van der Waals surface area contributed by atoms with E-state index >= 15 is 0 Å². The van der Waals surface area contributed by atoms with E-state index in [-0.39, 0.29) is 23.5 Å². The molecule has 0 fully saturated rings. The predicted octanol–water partition coefficient (Wildman–Crippen LogP) is 2.84. The number of rotatable bonds is 12. The Morgan fingerprint density at radius 3 is 2.58 bits per heavy atom. The highest BCUT2D eigenvalue weighted by Gasteiger charge is 2.16. The van der Waals surface area contributed by atoms with Gasteiger partial charge in [0.05, 0.1) is 4.90 Å². The van der Waals surface area contributed by atoms with Crippen molar-refractivity contribution >= 4 is 27.7 Å². The highest BCUT2D eigenvalue weighted by Crippen LogP contribution is 2.19. The van der Waals surface area contributed by atoms with E-state index in [4.69, 9.17) is 4.74 Å². The van der Waals surface area contributed by atoms with Gasteiger partial charge >= 0.3 is 0 Å². The van der Waals surface area contributed by atoms with Gasteiger partial charge in [0.1, 0.15) is 5.75 Å². The van der Waals surface area contributed by atoms with Crippen LogP contribution in [0.5, 0.6) is 5.75 Å². The smallest absolute Gasteiger partial charge is 0.257 e. The van der Waals surface area contributed by atoms with Crippen LogP contribution in [-0.2, 0) is 14.8 Å². The lowest BCUT2D eigenvalue weighted by molar-refractivity contribution is -0.122. The van der Waals surface area contributed by atoms with Crippen LogP contribution in [0.3, 0.4) is 0 Å². The lowest BCUT2D eigenvalue weighted by Crippen LogP contribution is -2.32. The van der Waals surface area contributed by atoms with Crippen molar-refractivity contribution in [2.24, 2.45) is 0 Å². The number of thioether (sulfide) groups is 1. The average molecular weight is 490 g/mol. The number of nitrogens with one attached hydrogen (secondary N) is 3. The van der Waals surface area contributed by atoms with Gasteiger partial charge < -0.3 is 10.1 Å². The number of amides is 1. The first-order valence-electron chi connectivity index (χ1n) is 10.5. The number of carbonyl (C=O) groups is 1. The van der Waals surface area contributed by atoms with Crippen LogP contribution < -0.4 is 14.8 Å². The van der Waals surface area contributed by atoms with E-state index < -0.39 is 10.0 Å². The lowest BCUT2D eigenvalue weighted by atomic mass is 10.2. The van der Waals surface area contributed by atoms with Gasteiger partial charge in [0, 0.05) is 23.9 Å². The number of carbonyl (C=O) groups excluding carboxylic acids is 1. The quantitative estimate of drug-likeness (QED) is 0.264. The summed E-state index contributed by atoms with van der Waals surface area (Å²) in [5.74, 6) is 1.44. The van der Waals surface area contributed by atoms with Gasteiger partial charge in [-0.05, 0) is 37.6 Å². The second kappa shape index (κ2) is 11.8. The van der Waals surface area contributed by atoms with Crippen molar-refractivity contribution in [1.82, 2.24) is 25.2 Å². The standard InChI is InChI=1S/C22H27N5O4S2/c1-3-16(2)27-33(29,30)19-11-9-18(10-12-19)31-15-20(28)23-13-14-32-22-24-21(25-26-22)17-7-5-4-6-8-17/h4-12,16,27H,3,13-15H2,1-2H3,(H,23,28)(H,24,25,26)/t16-/m0/s1. The molecule has 9 nitrogen and oxygen atoms in total. The number of hydrogen-bond acceptors (Lipinski definition) is 7. The molecular weight excluding hydrogens is 462 g/mol. The molecule has 0 bridgehead atoms. The minimum absolute atomic E-state index is 0.150. The molecule has 1 amide bonds. The third kappa shape index (κ3) is 7.58. The number of ether oxygens (including phenoxy) is 1. The Balaban J connectivity index is 1.37. The van der Waals surface area contributed by atoms with Crippen LogP contribution in [0.15, 0.2) is 64.6 Å². The summed E-state index contributed by atoms with van der Waals surface area (Å²) in [6.07, 6.45) is 0.695. The highest BCUT2D eigenvalue weighted by atomic mass is 32.2. The summed E-state index contributed by atoms with van der Waals surface area (Å²) in [5.41, 5.74) is 0.958. The molecule has 3 aromatic rings. The number of hydrogen-bond donors (Lipinski definition) is 3. The van der Waals surface area contributed by atoms with Crippen molar-refractivity contribution in [1.29, 1.82) is 0 Å². The minimum Gasteiger partial charge on any atom is -0.484 e. The van der Waals surface area contributed by atoms with Crippen molar-refractivity contribution in [2.45, 2.75) is 36.4 Å². The molecule has 0 aliphatic heterocycles. The van der Waals surface area contributed by atoms with Crippen LogP contribution >= 0.6 is 11.8 Å². The van der Waals surface area contributed by atoms with Crippen molar-refractivity contribution in [2.75, 3.05) is 18.9 Å². The largest absolute Gasteiger partial charge is 0.484 e. The van der Waals surface area contributed by atoms with E-state index in [1.165, 1.54) is 36.0 Å². The maximum atomic E-state index is 12.3. The van der Waals surface area contributed by atoms with Gasteiger partial charge in [-0.1, -0.05) is 49.0 Å². The third-order valence-corrected chi connectivity index (χ3v) is 7.09. The zero-order valence-corrected chi connectivity index (χ0v) is 20.1. The van der Waals surface area contributed by atoms with Gasteiger partial charge in [-0.25, -0.2) is 18.1 Å². The molecule has 0 spiro atoms. The van der Waals surface area contributed by atoms with Crippen molar-refractivity contribution in [3.8, 4) is 17.1 Å². The maximum Gasteiger partial charge on any atom is 0.257 e. The minimum atomic E-state index is -3.57. The molecule has 1 heterocycles. The summed E-state index contributed by atoms with van der Waals surface area (Å²) in [7, 11) is -3.57. The van der Waals surface area contributed by atoms with Crippen LogP contribution in [0.2, 0.25) is 0 Å². The normalized spacial score (nSPS) is 12.3. The van der Waals surface area contributed by atoms with E-state index in [9.17, 15) is 13.2 Å². The van der Waals surface area contributed by atoms with Gasteiger partial charge in [-0.2, -0.15) is 0 Å². The number of aromatic nitrogens is 3. The number of sulfonamides is 1. The predicted molar refractivity (Wildman–Crippen MR) is 128 cm³/mol. The van der Waals surface area contributed by atoms with Crippen LogP contribution in [0, 0.1) is 0 Å². The number of aromatic amines is 1. The lowest BCUT2D eigenvalue weighted by Gasteiger charge is -2.12. The highest BCUT2D eigenvalue weighted by molar-refractivity contribution is 7.99. The van der Waals surface area contributed by atoms with E-state index in [1.54, 1.807) is 6.92 Å². The van der Waals surface area contributed by atoms with Crippen LogP contribution in [-0.4, -0.2) is 54.5 Å². The van der Waals surface area contributed by atoms with Crippen LogP contribution in [0.4, 0.5) is 0 Å². The Bertz CT molecular complexity index is 1140. The summed E-state index contributed by atoms with van der Waals surface area (Å²) < 4.78 is 32.6. The monoisotopic (exact) mass is 489 g/mol. The third-order valence-electron chi connectivity index (χ3n) is 4.64. The van der Waals surface area contributed by atoms with Gasteiger partial charge in [-0.15, -0.1) is 5.10 Å². The van der Waals surface area contributed by atoms with E-state index in [2.05, 4.69) is 25.2 Å². The Labute approximate surface area is 197 Å². The molecule has 3 rings (SSSR count). The zero-order chi connectivity index (χ0) is 23.7. The van der Waals surface area contributed by atoms with Crippen molar-refractivity contribution in [3.63, 3.8) is 0 Å². The fourth-order valence-corrected chi connectivity index (χ4v) is 4.68. The first kappa shape index (κ1) is 24.7. The molecule has 33 heavy (non-hydrogen) atoms. The molecule has 0 saturated heterocycles. The van der Waals surface area contributed by atoms with Gasteiger partial charge in [0.25, 0.3) is 5.91 Å². The summed E-state index contributed by atoms with van der Waals surface area (Å²) in [6, 6.07) is 15.5. The van der Waals surface area contributed by atoms with Gasteiger partial charge in [0.15, 0.2) is 12.4 Å². The Morgan fingerprint density at radius 2 is 1.88 bits per heavy atom. The molecule has 176 valence electrons. The van der Waals surface area contributed by atoms with Crippen molar-refractivity contribution in [3.05, 3.63) is 54.6 Å². The van der Waals surface area contributed by atoms with Crippen LogP contribution in [0.1, 0.15) is 20.3 Å². The molecule has 0 saturated carbocycles. The topological polar surface area (TPSA) is 126 Å². The number of benzene rings is 2. The summed E-state index contributed by atoms with van der Waals surface area (Å²) >= 11 is 1.43. The second-order valence-corrected chi connectivity index (χ2v) is 10.00. The Morgan fingerprint density at radius 1 is 1.15 bits per heavy atom. The molecule has 0 radical (unpaired) electrons. The molecule has 0 aliphatic carbocycles. The Kier molecular flexibility index (Phi) is 8.87. The first-order valence-corrected chi connectivity index (χ1v) is 13.0. The Hall–Kier alpha value is -2.89. The maximum absolute atomic E-state index is 12.3. The van der Waals surface area contributed by atoms with Crippen LogP contribution in [0.25, 0.3) is 11.4 Å². The first-order chi connectivity index (χ1) is 15.9. The molecular formula is C22H27N5O4S2. The van der Waals surface area contributed by atoms with Crippen molar-refractivity contribution < 1.29 is 17.9 Å². The fraction of sp³-hybridized carbons (Fsp3) is 0.318. The molecule has 0 aliphatic rings. The molecule has 1 aromatic heterocycles. The number of nitrogens with zero attached hydrogens (tertiary/aromatic N) is 2.